The zero-order valence-electron chi connectivity index (χ0n) is 14.1. The van der Waals surface area contributed by atoms with Crippen LogP contribution in [0, 0.1) is 6.92 Å². The van der Waals surface area contributed by atoms with Crippen molar-refractivity contribution in [2.24, 2.45) is 0 Å². The molecule has 6 heteroatoms. The van der Waals surface area contributed by atoms with Crippen LogP contribution in [-0.4, -0.2) is 53.6 Å². The second-order valence-electron chi connectivity index (χ2n) is 6.70. The topological polar surface area (TPSA) is 49.9 Å². The Morgan fingerprint density at radius 1 is 1.09 bits per heavy atom. The molecule has 1 aromatic rings. The quantitative estimate of drug-likeness (QED) is 0.747. The molecule has 0 bridgehead atoms. The Balaban J connectivity index is 1.98. The zero-order valence-corrected chi connectivity index (χ0v) is 15.6. The van der Waals surface area contributed by atoms with E-state index >= 15 is 0 Å². The van der Waals surface area contributed by atoms with Gasteiger partial charge in [-0.25, -0.2) is 4.79 Å². The Hall–Kier alpha value is -1.56. The predicted molar refractivity (Wildman–Crippen MR) is 92.6 cm³/mol. The summed E-state index contributed by atoms with van der Waals surface area (Å²) in [6.07, 6.45) is -0.318. The van der Waals surface area contributed by atoms with E-state index in [1.165, 1.54) is 0 Å². The Morgan fingerprint density at radius 2 is 1.65 bits per heavy atom. The second kappa shape index (κ2) is 6.91. The third kappa shape index (κ3) is 4.47. The maximum Gasteiger partial charge on any atom is 0.410 e. The minimum atomic E-state index is -0.504. The van der Waals surface area contributed by atoms with Crippen molar-refractivity contribution in [2.75, 3.05) is 26.2 Å². The van der Waals surface area contributed by atoms with Gasteiger partial charge in [0.2, 0.25) is 0 Å². The number of benzene rings is 1. The third-order valence-electron chi connectivity index (χ3n) is 3.64. The molecule has 1 fully saturated rings. The number of hydrogen-bond acceptors (Lipinski definition) is 3. The van der Waals surface area contributed by atoms with E-state index in [9.17, 15) is 9.59 Å². The van der Waals surface area contributed by atoms with Crippen LogP contribution >= 0.6 is 15.9 Å². The van der Waals surface area contributed by atoms with E-state index in [1.54, 1.807) is 9.80 Å². The first-order valence-electron chi connectivity index (χ1n) is 7.71. The van der Waals surface area contributed by atoms with E-state index in [4.69, 9.17) is 4.74 Å². The summed E-state index contributed by atoms with van der Waals surface area (Å²) in [4.78, 5) is 28.1. The third-order valence-corrected chi connectivity index (χ3v) is 4.69. The first-order valence-corrected chi connectivity index (χ1v) is 8.50. The van der Waals surface area contributed by atoms with Gasteiger partial charge in [0, 0.05) is 30.7 Å². The fourth-order valence-corrected chi connectivity index (χ4v) is 2.84. The highest BCUT2D eigenvalue weighted by molar-refractivity contribution is 9.10. The molecule has 2 amide bonds. The van der Waals surface area contributed by atoms with Crippen LogP contribution in [0.1, 0.15) is 36.7 Å². The highest BCUT2D eigenvalue weighted by Crippen LogP contribution is 2.23. The van der Waals surface area contributed by atoms with Crippen LogP contribution in [0.4, 0.5) is 4.79 Å². The Labute approximate surface area is 145 Å². The molecule has 0 unspecified atom stereocenters. The van der Waals surface area contributed by atoms with E-state index in [0.717, 1.165) is 10.0 Å². The zero-order chi connectivity index (χ0) is 17.2. The molecule has 126 valence electrons. The van der Waals surface area contributed by atoms with Crippen molar-refractivity contribution in [1.29, 1.82) is 0 Å². The molecule has 1 saturated heterocycles. The van der Waals surface area contributed by atoms with Gasteiger partial charge in [-0.15, -0.1) is 0 Å². The number of halogens is 1. The highest BCUT2D eigenvalue weighted by Gasteiger charge is 2.28. The molecule has 0 radical (unpaired) electrons. The molecule has 0 N–H and O–H groups in total. The SMILES string of the molecule is Cc1cccc(C(=O)N2CCN(C(=O)OC(C)(C)C)CC2)c1Br. The lowest BCUT2D eigenvalue weighted by atomic mass is 10.1. The normalized spacial score (nSPS) is 15.5. The molecule has 1 aliphatic rings. The van der Waals surface area contributed by atoms with Crippen LogP contribution in [0.2, 0.25) is 0 Å². The number of amides is 2. The first-order chi connectivity index (χ1) is 10.7. The van der Waals surface area contributed by atoms with E-state index in [-0.39, 0.29) is 12.0 Å². The summed E-state index contributed by atoms with van der Waals surface area (Å²) in [5.74, 6) is -0.00980. The average molecular weight is 383 g/mol. The largest absolute Gasteiger partial charge is 0.444 e. The average Bonchev–Trinajstić information content (AvgIpc) is 2.48. The number of rotatable bonds is 1. The van der Waals surface area contributed by atoms with Gasteiger partial charge in [0.25, 0.3) is 5.91 Å². The summed E-state index contributed by atoms with van der Waals surface area (Å²) in [5, 5.41) is 0. The molecule has 0 spiro atoms. The molecule has 1 heterocycles. The van der Waals surface area contributed by atoms with Gasteiger partial charge in [-0.05, 0) is 55.3 Å². The molecule has 0 saturated carbocycles. The van der Waals surface area contributed by atoms with Gasteiger partial charge in [0.1, 0.15) is 5.60 Å². The van der Waals surface area contributed by atoms with Gasteiger partial charge in [-0.2, -0.15) is 0 Å². The number of hydrogen-bond donors (Lipinski definition) is 0. The molecular formula is C17H23BrN2O3. The van der Waals surface area contributed by atoms with Crippen LogP contribution in [0.5, 0.6) is 0 Å². The van der Waals surface area contributed by atoms with Crippen molar-refractivity contribution in [3.05, 3.63) is 33.8 Å². The lowest BCUT2D eigenvalue weighted by Gasteiger charge is -2.35. The molecule has 1 aliphatic heterocycles. The number of carbonyl (C=O) groups excluding carboxylic acids is 2. The Bertz CT molecular complexity index is 602. The monoisotopic (exact) mass is 382 g/mol. The van der Waals surface area contributed by atoms with Gasteiger partial charge in [-0.1, -0.05) is 12.1 Å². The molecule has 5 nitrogen and oxygen atoms in total. The molecular weight excluding hydrogens is 360 g/mol. The van der Waals surface area contributed by atoms with E-state index in [0.29, 0.717) is 31.7 Å². The van der Waals surface area contributed by atoms with E-state index in [1.807, 2.05) is 45.9 Å². The molecule has 1 aromatic carbocycles. The molecule has 23 heavy (non-hydrogen) atoms. The molecule has 0 aliphatic carbocycles. The molecule has 0 aromatic heterocycles. The number of aryl methyl sites for hydroxylation is 1. The minimum Gasteiger partial charge on any atom is -0.444 e. The van der Waals surface area contributed by atoms with Gasteiger partial charge >= 0.3 is 6.09 Å². The lowest BCUT2D eigenvalue weighted by Crippen LogP contribution is -2.51. The Kier molecular flexibility index (Phi) is 5.34. The summed E-state index contributed by atoms with van der Waals surface area (Å²) in [7, 11) is 0. The summed E-state index contributed by atoms with van der Waals surface area (Å²) in [6.45, 7) is 9.51. The summed E-state index contributed by atoms with van der Waals surface area (Å²) in [6, 6.07) is 5.66. The highest BCUT2D eigenvalue weighted by atomic mass is 79.9. The fourth-order valence-electron chi connectivity index (χ4n) is 2.40. The van der Waals surface area contributed by atoms with Gasteiger partial charge in [0.15, 0.2) is 0 Å². The molecule has 0 atom stereocenters. The van der Waals surface area contributed by atoms with Crippen LogP contribution < -0.4 is 0 Å². The Morgan fingerprint density at radius 3 is 2.22 bits per heavy atom. The van der Waals surface area contributed by atoms with Crippen molar-refractivity contribution in [2.45, 2.75) is 33.3 Å². The van der Waals surface area contributed by atoms with Crippen molar-refractivity contribution in [1.82, 2.24) is 9.80 Å². The summed E-state index contributed by atoms with van der Waals surface area (Å²) >= 11 is 3.48. The first kappa shape index (κ1) is 17.8. The standard InChI is InChI=1S/C17H23BrN2O3/c1-12-6-5-7-13(14(12)18)15(21)19-8-10-20(11-9-19)16(22)23-17(2,3)4/h5-7H,8-11H2,1-4H3. The smallest absolute Gasteiger partial charge is 0.410 e. The van der Waals surface area contributed by atoms with Crippen LogP contribution in [-0.2, 0) is 4.74 Å². The van der Waals surface area contributed by atoms with Gasteiger partial charge in [0.05, 0.1) is 5.56 Å². The summed E-state index contributed by atoms with van der Waals surface area (Å²) < 4.78 is 6.20. The second-order valence-corrected chi connectivity index (χ2v) is 7.49. The minimum absolute atomic E-state index is 0.00980. The van der Waals surface area contributed by atoms with Crippen molar-refractivity contribution in [3.63, 3.8) is 0 Å². The van der Waals surface area contributed by atoms with Crippen molar-refractivity contribution in [3.8, 4) is 0 Å². The number of ether oxygens (including phenoxy) is 1. The maximum absolute atomic E-state index is 12.6. The van der Waals surface area contributed by atoms with Gasteiger partial charge in [-0.3, -0.25) is 4.79 Å². The van der Waals surface area contributed by atoms with Crippen molar-refractivity contribution >= 4 is 27.9 Å². The van der Waals surface area contributed by atoms with Crippen LogP contribution in [0.3, 0.4) is 0 Å². The number of nitrogens with zero attached hydrogens (tertiary/aromatic N) is 2. The number of carbonyl (C=O) groups is 2. The van der Waals surface area contributed by atoms with E-state index in [2.05, 4.69) is 15.9 Å². The lowest BCUT2D eigenvalue weighted by molar-refractivity contribution is 0.0141. The van der Waals surface area contributed by atoms with Gasteiger partial charge < -0.3 is 14.5 Å². The van der Waals surface area contributed by atoms with Crippen molar-refractivity contribution < 1.29 is 14.3 Å². The van der Waals surface area contributed by atoms with Crippen LogP contribution in [0.25, 0.3) is 0 Å². The summed E-state index contributed by atoms with van der Waals surface area (Å²) in [5.41, 5.74) is 1.19. The predicted octanol–water partition coefficient (Wildman–Crippen LogP) is 3.45. The fraction of sp³-hybridized carbons (Fsp3) is 0.529. The van der Waals surface area contributed by atoms with E-state index < -0.39 is 5.60 Å². The maximum atomic E-state index is 12.6. The number of piperazine rings is 1. The molecule has 2 rings (SSSR count). The van der Waals surface area contributed by atoms with Crippen LogP contribution in [0.15, 0.2) is 22.7 Å².